The molecule has 0 amide bonds. The van der Waals surface area contributed by atoms with Gasteiger partial charge in [0.15, 0.2) is 6.29 Å². The van der Waals surface area contributed by atoms with Crippen LogP contribution in [0.1, 0.15) is 25.6 Å². The van der Waals surface area contributed by atoms with Gasteiger partial charge >= 0.3 is 0 Å². The highest BCUT2D eigenvalue weighted by molar-refractivity contribution is 7.21. The van der Waals surface area contributed by atoms with Gasteiger partial charge in [0.1, 0.15) is 9.71 Å². The summed E-state index contributed by atoms with van der Waals surface area (Å²) >= 11 is 1.11. The predicted octanol–water partition coefficient (Wildman–Crippen LogP) is 2.22. The molecule has 6 heteroatoms. The van der Waals surface area contributed by atoms with Crippen molar-refractivity contribution in [3.8, 4) is 0 Å². The first-order valence-electron chi connectivity index (χ1n) is 6.12. The highest BCUT2D eigenvalue weighted by Gasteiger charge is 2.19. The van der Waals surface area contributed by atoms with Gasteiger partial charge in [0.05, 0.1) is 11.3 Å². The molecule has 0 aliphatic carbocycles. The van der Waals surface area contributed by atoms with Gasteiger partial charge in [-0.05, 0) is 6.07 Å². The largest absolute Gasteiger partial charge is 0.397 e. The van der Waals surface area contributed by atoms with Crippen LogP contribution >= 0.6 is 11.3 Å². The van der Waals surface area contributed by atoms with Gasteiger partial charge in [-0.2, -0.15) is 0 Å². The Bertz CT molecular complexity index is 910. The van der Waals surface area contributed by atoms with E-state index in [-0.39, 0.29) is 17.0 Å². The van der Waals surface area contributed by atoms with E-state index in [2.05, 4.69) is 4.98 Å². The summed E-state index contributed by atoms with van der Waals surface area (Å²) < 4.78 is 0. The number of rotatable bonds is 3. The standard InChI is InChI=1S/C15H10N2O3S/c16-11-10-6-9(7-18)14(20)17-15(10)21-13(11)12(19)8-4-2-1-3-5-8/h1-7H,16H2,(H,17,20). The molecule has 3 N–H and O–H groups in total. The van der Waals surface area contributed by atoms with Gasteiger partial charge < -0.3 is 10.7 Å². The zero-order chi connectivity index (χ0) is 15.0. The first kappa shape index (κ1) is 13.3. The molecule has 0 fully saturated rings. The smallest absolute Gasteiger partial charge is 0.259 e. The Morgan fingerprint density at radius 2 is 1.95 bits per heavy atom. The minimum Gasteiger partial charge on any atom is -0.397 e. The van der Waals surface area contributed by atoms with Crippen molar-refractivity contribution < 1.29 is 9.59 Å². The van der Waals surface area contributed by atoms with Gasteiger partial charge in [0, 0.05) is 10.9 Å². The van der Waals surface area contributed by atoms with E-state index in [0.717, 1.165) is 11.3 Å². The lowest BCUT2D eigenvalue weighted by molar-refractivity contribution is 0.104. The van der Waals surface area contributed by atoms with E-state index < -0.39 is 5.56 Å². The van der Waals surface area contributed by atoms with Crippen LogP contribution in [-0.4, -0.2) is 17.1 Å². The zero-order valence-electron chi connectivity index (χ0n) is 10.8. The summed E-state index contributed by atoms with van der Waals surface area (Å²) in [6.45, 7) is 0. The number of carbonyl (C=O) groups excluding carboxylic acids is 2. The number of aromatic nitrogens is 1. The predicted molar refractivity (Wildman–Crippen MR) is 82.1 cm³/mol. The van der Waals surface area contributed by atoms with Crippen LogP contribution in [0.2, 0.25) is 0 Å². The van der Waals surface area contributed by atoms with E-state index in [9.17, 15) is 14.4 Å². The van der Waals surface area contributed by atoms with Crippen molar-refractivity contribution in [3.63, 3.8) is 0 Å². The number of nitrogen functional groups attached to an aromatic ring is 1. The number of H-pyrrole nitrogens is 1. The Kier molecular flexibility index (Phi) is 3.15. The molecule has 0 radical (unpaired) electrons. The van der Waals surface area contributed by atoms with Crippen molar-refractivity contribution >= 4 is 39.3 Å². The van der Waals surface area contributed by atoms with Crippen molar-refractivity contribution in [2.24, 2.45) is 0 Å². The van der Waals surface area contributed by atoms with Crippen LogP contribution in [0.4, 0.5) is 5.69 Å². The van der Waals surface area contributed by atoms with E-state index in [1.807, 2.05) is 6.07 Å². The number of ketones is 1. The van der Waals surface area contributed by atoms with Gasteiger partial charge in [-0.3, -0.25) is 14.4 Å². The highest BCUT2D eigenvalue weighted by Crippen LogP contribution is 2.33. The van der Waals surface area contributed by atoms with Crippen LogP contribution in [0.3, 0.4) is 0 Å². The lowest BCUT2D eigenvalue weighted by atomic mass is 10.1. The van der Waals surface area contributed by atoms with E-state index in [4.69, 9.17) is 5.73 Å². The number of fused-ring (bicyclic) bond motifs is 1. The van der Waals surface area contributed by atoms with Crippen molar-refractivity contribution in [1.82, 2.24) is 4.98 Å². The molecule has 2 heterocycles. The molecule has 104 valence electrons. The minimum atomic E-state index is -0.488. The van der Waals surface area contributed by atoms with Gasteiger partial charge in [-0.25, -0.2) is 0 Å². The molecule has 21 heavy (non-hydrogen) atoms. The summed E-state index contributed by atoms with van der Waals surface area (Å²) in [7, 11) is 0. The highest BCUT2D eigenvalue weighted by atomic mass is 32.1. The molecule has 0 saturated carbocycles. The van der Waals surface area contributed by atoms with Crippen LogP contribution in [0.15, 0.2) is 41.2 Å². The molecular weight excluding hydrogens is 288 g/mol. The van der Waals surface area contributed by atoms with Crippen molar-refractivity contribution in [1.29, 1.82) is 0 Å². The second-order valence-electron chi connectivity index (χ2n) is 4.45. The molecule has 0 spiro atoms. The Morgan fingerprint density at radius 1 is 1.24 bits per heavy atom. The average Bonchev–Trinajstić information content (AvgIpc) is 2.82. The van der Waals surface area contributed by atoms with E-state index in [1.54, 1.807) is 24.3 Å². The molecule has 3 aromatic rings. The number of nitrogens with one attached hydrogen (secondary N) is 1. The van der Waals surface area contributed by atoms with Gasteiger partial charge in [0.2, 0.25) is 5.78 Å². The molecule has 2 aromatic heterocycles. The molecule has 5 nitrogen and oxygen atoms in total. The van der Waals surface area contributed by atoms with Crippen molar-refractivity contribution in [3.05, 3.63) is 62.8 Å². The monoisotopic (exact) mass is 298 g/mol. The number of aromatic amines is 1. The maximum Gasteiger partial charge on any atom is 0.259 e. The van der Waals surface area contributed by atoms with Gasteiger partial charge in [-0.1, -0.05) is 30.3 Å². The second kappa shape index (κ2) is 4.99. The summed E-state index contributed by atoms with van der Waals surface area (Å²) in [6.07, 6.45) is 0.466. The van der Waals surface area contributed by atoms with Gasteiger partial charge in [0.25, 0.3) is 5.56 Å². The second-order valence-corrected chi connectivity index (χ2v) is 5.48. The Hall–Kier alpha value is -2.73. The summed E-state index contributed by atoms with van der Waals surface area (Å²) in [4.78, 5) is 38.3. The number of nitrogens with two attached hydrogens (primary N) is 1. The first-order valence-corrected chi connectivity index (χ1v) is 6.93. The third-order valence-corrected chi connectivity index (χ3v) is 4.28. The zero-order valence-corrected chi connectivity index (χ0v) is 11.6. The molecule has 0 aliphatic heterocycles. The molecule has 0 aliphatic rings. The third-order valence-electron chi connectivity index (χ3n) is 3.14. The van der Waals surface area contributed by atoms with Crippen molar-refractivity contribution in [2.75, 3.05) is 5.73 Å². The summed E-state index contributed by atoms with van der Waals surface area (Å²) in [5, 5.41) is 0.515. The topological polar surface area (TPSA) is 93.0 Å². The SMILES string of the molecule is Nc1c(C(=O)c2ccccc2)sc2[nH]c(=O)c(C=O)cc12. The normalized spacial score (nSPS) is 10.7. The summed E-state index contributed by atoms with van der Waals surface area (Å²) in [5.74, 6) is -0.206. The minimum absolute atomic E-state index is 0.00860. The maximum atomic E-state index is 12.4. The number of anilines is 1. The number of hydrogen-bond donors (Lipinski definition) is 2. The average molecular weight is 298 g/mol. The van der Waals surface area contributed by atoms with Crippen LogP contribution in [0.5, 0.6) is 0 Å². The quantitative estimate of drug-likeness (QED) is 0.572. The van der Waals surface area contributed by atoms with Crippen LogP contribution in [-0.2, 0) is 0 Å². The number of hydrogen-bond acceptors (Lipinski definition) is 5. The molecule has 0 bridgehead atoms. The first-order chi connectivity index (χ1) is 10.1. The fourth-order valence-corrected chi connectivity index (χ4v) is 3.12. The number of carbonyl (C=O) groups is 2. The van der Waals surface area contributed by atoms with Crippen molar-refractivity contribution in [2.45, 2.75) is 0 Å². The summed E-state index contributed by atoms with van der Waals surface area (Å²) in [5.41, 5.74) is 6.31. The molecule has 1 aromatic carbocycles. The van der Waals surface area contributed by atoms with Crippen LogP contribution < -0.4 is 11.3 Å². The number of thiophene rings is 1. The Morgan fingerprint density at radius 3 is 2.62 bits per heavy atom. The fraction of sp³-hybridized carbons (Fsp3) is 0. The van der Waals surface area contributed by atoms with E-state index in [1.165, 1.54) is 6.07 Å². The van der Waals surface area contributed by atoms with Gasteiger partial charge in [-0.15, -0.1) is 11.3 Å². The molecule has 3 rings (SSSR count). The van der Waals surface area contributed by atoms with Crippen LogP contribution in [0.25, 0.3) is 10.2 Å². The van der Waals surface area contributed by atoms with E-state index in [0.29, 0.717) is 26.9 Å². The van der Waals surface area contributed by atoms with Crippen LogP contribution in [0, 0.1) is 0 Å². The molecule has 0 saturated heterocycles. The lowest BCUT2D eigenvalue weighted by Gasteiger charge is -1.99. The number of pyridine rings is 1. The number of benzene rings is 1. The number of aldehydes is 1. The molecule has 0 unspecified atom stereocenters. The Balaban J connectivity index is 2.21. The third kappa shape index (κ3) is 2.15. The lowest BCUT2D eigenvalue weighted by Crippen LogP contribution is -2.10. The molecular formula is C15H10N2O3S. The molecule has 0 atom stereocenters. The fourth-order valence-electron chi connectivity index (χ4n) is 2.07. The maximum absolute atomic E-state index is 12.4. The Labute approximate surface area is 123 Å². The summed E-state index contributed by atoms with van der Waals surface area (Å²) in [6, 6.07) is 10.2. The van der Waals surface area contributed by atoms with E-state index >= 15 is 0 Å².